The number of anilines is 1. The number of halogens is 1. The molecule has 1 heterocycles. The normalized spacial score (nSPS) is 24.1. The molecule has 0 spiro atoms. The summed E-state index contributed by atoms with van der Waals surface area (Å²) in [6.07, 6.45) is 2.47. The van der Waals surface area contributed by atoms with Crippen LogP contribution in [0.25, 0.3) is 0 Å². The summed E-state index contributed by atoms with van der Waals surface area (Å²) in [5.41, 5.74) is 0.852. The standard InChI is InChI=1S/C10H10BrN3OS/c11-9-2-4-10(5-3-9)14-6-1-7-16(14,15)13-8-12/h2-5H,1,6-7H2. The minimum atomic E-state index is -2.53. The van der Waals surface area contributed by atoms with Crippen LogP contribution < -0.4 is 4.31 Å². The van der Waals surface area contributed by atoms with E-state index < -0.39 is 9.92 Å². The van der Waals surface area contributed by atoms with Crippen LogP contribution in [0.2, 0.25) is 0 Å². The highest BCUT2D eigenvalue weighted by Crippen LogP contribution is 2.26. The summed E-state index contributed by atoms with van der Waals surface area (Å²) in [4.78, 5) is 0. The molecule has 0 amide bonds. The molecule has 2 rings (SSSR count). The van der Waals surface area contributed by atoms with Crippen LogP contribution in [0.4, 0.5) is 5.69 Å². The molecule has 6 heteroatoms. The van der Waals surface area contributed by atoms with Gasteiger partial charge in [-0.25, -0.2) is 4.21 Å². The van der Waals surface area contributed by atoms with Gasteiger partial charge in [0, 0.05) is 11.0 Å². The molecule has 4 nitrogen and oxygen atoms in total. The number of hydrogen-bond acceptors (Lipinski definition) is 3. The third-order valence-electron chi connectivity index (χ3n) is 2.41. The average molecular weight is 300 g/mol. The van der Waals surface area contributed by atoms with E-state index in [1.807, 2.05) is 24.3 Å². The summed E-state index contributed by atoms with van der Waals surface area (Å²) in [7, 11) is -2.53. The van der Waals surface area contributed by atoms with Crippen molar-refractivity contribution in [2.24, 2.45) is 4.36 Å². The third kappa shape index (κ3) is 2.06. The number of rotatable bonds is 1. The molecule has 1 aromatic carbocycles. The molecule has 0 saturated carbocycles. The fourth-order valence-corrected chi connectivity index (χ4v) is 3.88. The summed E-state index contributed by atoms with van der Waals surface area (Å²) in [5, 5.41) is 8.57. The first kappa shape index (κ1) is 11.4. The van der Waals surface area contributed by atoms with Gasteiger partial charge in [-0.2, -0.15) is 5.26 Å². The smallest absolute Gasteiger partial charge is 0.216 e. The molecule has 0 bridgehead atoms. The van der Waals surface area contributed by atoms with Gasteiger partial charge in [-0.3, -0.25) is 4.31 Å². The maximum Gasteiger partial charge on any atom is 0.216 e. The largest absolute Gasteiger partial charge is 0.285 e. The molecule has 1 saturated heterocycles. The second-order valence-corrected chi connectivity index (χ2v) is 6.60. The minimum absolute atomic E-state index is 0.469. The van der Waals surface area contributed by atoms with Crippen LogP contribution in [0.15, 0.2) is 33.1 Å². The molecule has 0 N–H and O–H groups in total. The van der Waals surface area contributed by atoms with Crippen LogP contribution in [0, 0.1) is 11.5 Å². The van der Waals surface area contributed by atoms with Crippen molar-refractivity contribution in [1.82, 2.24) is 0 Å². The Labute approximate surface area is 103 Å². The molecule has 1 aliphatic rings. The summed E-state index contributed by atoms with van der Waals surface area (Å²) in [6.45, 7) is 0.686. The van der Waals surface area contributed by atoms with E-state index in [0.29, 0.717) is 12.3 Å². The van der Waals surface area contributed by atoms with E-state index >= 15 is 0 Å². The van der Waals surface area contributed by atoms with Crippen molar-refractivity contribution in [1.29, 1.82) is 5.26 Å². The highest BCUT2D eigenvalue weighted by Gasteiger charge is 2.26. The molecular weight excluding hydrogens is 290 g/mol. The lowest BCUT2D eigenvalue weighted by Crippen LogP contribution is -2.24. The van der Waals surface area contributed by atoms with Gasteiger partial charge in [-0.05, 0) is 30.7 Å². The highest BCUT2D eigenvalue weighted by molar-refractivity contribution is 9.10. The van der Waals surface area contributed by atoms with Crippen molar-refractivity contribution >= 4 is 31.5 Å². The van der Waals surface area contributed by atoms with Gasteiger partial charge >= 0.3 is 0 Å². The van der Waals surface area contributed by atoms with E-state index in [4.69, 9.17) is 5.26 Å². The van der Waals surface area contributed by atoms with E-state index in [1.54, 1.807) is 10.5 Å². The lowest BCUT2D eigenvalue weighted by molar-refractivity contribution is 0.679. The van der Waals surface area contributed by atoms with E-state index in [-0.39, 0.29) is 0 Å². The predicted octanol–water partition coefficient (Wildman–Crippen LogP) is 2.52. The zero-order chi connectivity index (χ0) is 11.6. The molecule has 84 valence electrons. The van der Waals surface area contributed by atoms with Gasteiger partial charge in [0.15, 0.2) is 0 Å². The van der Waals surface area contributed by atoms with E-state index in [9.17, 15) is 4.21 Å². The van der Waals surface area contributed by atoms with Gasteiger partial charge in [0.25, 0.3) is 0 Å². The summed E-state index contributed by atoms with van der Waals surface area (Å²) < 4.78 is 18.6. The molecule has 0 radical (unpaired) electrons. The number of benzene rings is 1. The number of nitriles is 1. The van der Waals surface area contributed by atoms with E-state index in [1.165, 1.54) is 0 Å². The zero-order valence-corrected chi connectivity index (χ0v) is 10.9. The van der Waals surface area contributed by atoms with Crippen LogP contribution in [0.5, 0.6) is 0 Å². The van der Waals surface area contributed by atoms with Crippen LogP contribution in [0.3, 0.4) is 0 Å². The molecule has 0 aliphatic carbocycles. The highest BCUT2D eigenvalue weighted by atomic mass is 79.9. The topological polar surface area (TPSA) is 56.5 Å². The first-order valence-corrected chi connectivity index (χ1v) is 7.25. The van der Waals surface area contributed by atoms with Crippen LogP contribution in [-0.2, 0) is 9.92 Å². The molecule has 1 fully saturated rings. The Hall–Kier alpha value is -1.06. The Kier molecular flexibility index (Phi) is 3.17. The molecule has 1 aromatic rings. The zero-order valence-electron chi connectivity index (χ0n) is 8.47. The minimum Gasteiger partial charge on any atom is -0.285 e. The van der Waals surface area contributed by atoms with Crippen molar-refractivity contribution in [3.63, 3.8) is 0 Å². The first-order chi connectivity index (χ1) is 7.65. The Balaban J connectivity index is 2.42. The van der Waals surface area contributed by atoms with Crippen molar-refractivity contribution in [2.45, 2.75) is 6.42 Å². The molecule has 16 heavy (non-hydrogen) atoms. The summed E-state index contributed by atoms with van der Waals surface area (Å²) >= 11 is 3.35. The molecule has 1 unspecified atom stereocenters. The SMILES string of the molecule is N#CN=S1(=O)CCCN1c1ccc(Br)cc1. The lowest BCUT2D eigenvalue weighted by Gasteiger charge is -2.19. The number of hydrogen-bond donors (Lipinski definition) is 0. The maximum atomic E-state index is 12.3. The second kappa shape index (κ2) is 4.44. The van der Waals surface area contributed by atoms with Crippen molar-refractivity contribution in [3.8, 4) is 6.19 Å². The Morgan fingerprint density at radius 2 is 2.12 bits per heavy atom. The Bertz CT molecular complexity index is 540. The summed E-state index contributed by atoms with van der Waals surface area (Å²) in [6, 6.07) is 7.53. The lowest BCUT2D eigenvalue weighted by atomic mass is 10.3. The first-order valence-electron chi connectivity index (χ1n) is 4.82. The van der Waals surface area contributed by atoms with E-state index in [0.717, 1.165) is 16.6 Å². The van der Waals surface area contributed by atoms with Crippen molar-refractivity contribution < 1.29 is 4.21 Å². The van der Waals surface area contributed by atoms with E-state index in [2.05, 4.69) is 20.3 Å². The third-order valence-corrected chi connectivity index (χ3v) is 5.21. The average Bonchev–Trinajstić information content (AvgIpc) is 2.62. The molecule has 0 aromatic heterocycles. The molecule has 1 aliphatic heterocycles. The van der Waals surface area contributed by atoms with Crippen LogP contribution in [-0.4, -0.2) is 16.5 Å². The molecule has 1 atom stereocenters. The predicted molar refractivity (Wildman–Crippen MR) is 67.2 cm³/mol. The maximum absolute atomic E-state index is 12.3. The van der Waals surface area contributed by atoms with Gasteiger partial charge in [0.2, 0.25) is 6.19 Å². The van der Waals surface area contributed by atoms with Gasteiger partial charge in [0.1, 0.15) is 9.92 Å². The second-order valence-electron chi connectivity index (χ2n) is 3.43. The van der Waals surface area contributed by atoms with Gasteiger partial charge in [-0.15, -0.1) is 4.36 Å². The summed E-state index contributed by atoms with van der Waals surface area (Å²) in [5.74, 6) is 0.469. The Morgan fingerprint density at radius 3 is 2.75 bits per heavy atom. The van der Waals surface area contributed by atoms with Crippen LogP contribution >= 0.6 is 15.9 Å². The monoisotopic (exact) mass is 299 g/mol. The van der Waals surface area contributed by atoms with Crippen molar-refractivity contribution in [2.75, 3.05) is 16.6 Å². The van der Waals surface area contributed by atoms with Crippen molar-refractivity contribution in [3.05, 3.63) is 28.7 Å². The number of nitrogens with zero attached hydrogens (tertiary/aromatic N) is 3. The fraction of sp³-hybridized carbons (Fsp3) is 0.300. The fourth-order valence-electron chi connectivity index (χ4n) is 1.71. The van der Waals surface area contributed by atoms with Gasteiger partial charge < -0.3 is 0 Å². The Morgan fingerprint density at radius 1 is 1.44 bits per heavy atom. The van der Waals surface area contributed by atoms with Gasteiger partial charge in [0.05, 0.1) is 11.4 Å². The molecular formula is C10H10BrN3OS. The quantitative estimate of drug-likeness (QED) is 0.748. The van der Waals surface area contributed by atoms with Gasteiger partial charge in [-0.1, -0.05) is 15.9 Å². The van der Waals surface area contributed by atoms with Crippen LogP contribution in [0.1, 0.15) is 6.42 Å².